The molecule has 28 heavy (non-hydrogen) atoms. The maximum atomic E-state index is 13.7. The fourth-order valence-electron chi connectivity index (χ4n) is 3.09. The average molecular weight is 385 g/mol. The SMILES string of the molecule is CC.CC/C=C\C(=NC)C(=O)NC1CC(c2cc(F)cc(C#N)c2)CCC1=O. The smallest absolute Gasteiger partial charge is 0.269 e. The van der Waals surface area contributed by atoms with Crippen LogP contribution in [0.15, 0.2) is 35.3 Å². The van der Waals surface area contributed by atoms with Crippen LogP contribution >= 0.6 is 0 Å². The summed E-state index contributed by atoms with van der Waals surface area (Å²) < 4.78 is 13.7. The lowest BCUT2D eigenvalue weighted by Crippen LogP contribution is -2.46. The molecule has 0 saturated heterocycles. The molecule has 1 aromatic rings. The Morgan fingerprint density at radius 2 is 2.11 bits per heavy atom. The molecule has 0 heterocycles. The Hall–Kier alpha value is -2.81. The van der Waals surface area contributed by atoms with Crippen molar-refractivity contribution in [1.82, 2.24) is 5.32 Å². The summed E-state index contributed by atoms with van der Waals surface area (Å²) in [6.45, 7) is 5.95. The molecule has 2 rings (SSSR count). The van der Waals surface area contributed by atoms with Crippen molar-refractivity contribution in [1.29, 1.82) is 5.26 Å². The molecule has 1 N–H and O–H groups in total. The van der Waals surface area contributed by atoms with Crippen molar-refractivity contribution >= 4 is 17.4 Å². The topological polar surface area (TPSA) is 82.3 Å². The van der Waals surface area contributed by atoms with Crippen molar-refractivity contribution in [2.75, 3.05) is 7.05 Å². The first-order valence-corrected chi connectivity index (χ1v) is 9.66. The summed E-state index contributed by atoms with van der Waals surface area (Å²) in [6, 6.07) is 5.52. The Labute approximate surface area is 166 Å². The molecule has 2 unspecified atom stereocenters. The van der Waals surface area contributed by atoms with Crippen LogP contribution in [0.25, 0.3) is 0 Å². The molecule has 0 aromatic heterocycles. The highest BCUT2D eigenvalue weighted by molar-refractivity contribution is 6.43. The zero-order valence-electron chi connectivity index (χ0n) is 17.0. The maximum Gasteiger partial charge on any atom is 0.269 e. The van der Waals surface area contributed by atoms with Gasteiger partial charge < -0.3 is 5.32 Å². The van der Waals surface area contributed by atoms with Gasteiger partial charge >= 0.3 is 0 Å². The lowest BCUT2D eigenvalue weighted by Gasteiger charge is -2.29. The van der Waals surface area contributed by atoms with E-state index in [4.69, 9.17) is 5.26 Å². The highest BCUT2D eigenvalue weighted by Crippen LogP contribution is 2.32. The standard InChI is InChI=1S/C20H22FN3O2.C2H6/c1-3-4-5-17(23-2)20(26)24-18-11-14(6-7-19(18)25)15-8-13(12-22)9-16(21)10-15;1-2/h4-5,8-10,14,18H,3,6-7,11H2,1-2H3,(H,24,26);1-2H3/b5-4-,23-17?;. The van der Waals surface area contributed by atoms with Crippen molar-refractivity contribution in [3.05, 3.63) is 47.3 Å². The third-order valence-corrected chi connectivity index (χ3v) is 4.46. The molecular weight excluding hydrogens is 357 g/mol. The van der Waals surface area contributed by atoms with E-state index < -0.39 is 17.8 Å². The van der Waals surface area contributed by atoms with Gasteiger partial charge in [-0.25, -0.2) is 4.39 Å². The predicted molar refractivity (Wildman–Crippen MR) is 109 cm³/mol. The Balaban J connectivity index is 0.00000190. The van der Waals surface area contributed by atoms with E-state index in [0.717, 1.165) is 6.42 Å². The number of allylic oxidation sites excluding steroid dienone is 1. The quantitative estimate of drug-likeness (QED) is 0.775. The number of hydrogen-bond acceptors (Lipinski definition) is 4. The Morgan fingerprint density at radius 1 is 1.39 bits per heavy atom. The van der Waals surface area contributed by atoms with Crippen LogP contribution in [0.4, 0.5) is 4.39 Å². The molecule has 1 amide bonds. The summed E-state index contributed by atoms with van der Waals surface area (Å²) in [4.78, 5) is 28.5. The summed E-state index contributed by atoms with van der Waals surface area (Å²) in [5.41, 5.74) is 1.20. The second kappa shape index (κ2) is 11.8. The van der Waals surface area contributed by atoms with Gasteiger partial charge in [0.15, 0.2) is 5.78 Å². The van der Waals surface area contributed by atoms with Gasteiger partial charge in [0.25, 0.3) is 5.91 Å². The van der Waals surface area contributed by atoms with Crippen molar-refractivity contribution in [2.45, 2.75) is 58.4 Å². The van der Waals surface area contributed by atoms with Crippen molar-refractivity contribution in [3.63, 3.8) is 0 Å². The average Bonchev–Trinajstić information content (AvgIpc) is 2.71. The van der Waals surface area contributed by atoms with E-state index in [1.54, 1.807) is 12.1 Å². The first-order valence-electron chi connectivity index (χ1n) is 9.66. The summed E-state index contributed by atoms with van der Waals surface area (Å²) in [5, 5.41) is 11.8. The molecule has 1 aromatic carbocycles. The number of carbonyl (C=O) groups excluding carboxylic acids is 2. The Morgan fingerprint density at radius 3 is 2.71 bits per heavy atom. The number of carbonyl (C=O) groups is 2. The minimum atomic E-state index is -0.637. The number of hydrogen-bond donors (Lipinski definition) is 1. The third kappa shape index (κ3) is 6.41. The van der Waals surface area contributed by atoms with Crippen LogP contribution in [0.3, 0.4) is 0 Å². The zero-order valence-corrected chi connectivity index (χ0v) is 17.0. The van der Waals surface area contributed by atoms with Crippen LogP contribution in [-0.2, 0) is 9.59 Å². The lowest BCUT2D eigenvalue weighted by atomic mass is 9.80. The monoisotopic (exact) mass is 385 g/mol. The summed E-state index contributed by atoms with van der Waals surface area (Å²) >= 11 is 0. The van der Waals surface area contributed by atoms with E-state index in [2.05, 4.69) is 10.3 Å². The minimum Gasteiger partial charge on any atom is -0.341 e. The van der Waals surface area contributed by atoms with Gasteiger partial charge in [0, 0.05) is 13.5 Å². The first-order chi connectivity index (χ1) is 13.5. The summed E-state index contributed by atoms with van der Waals surface area (Å²) in [5.74, 6) is -0.995. The first kappa shape index (κ1) is 23.2. The maximum absolute atomic E-state index is 13.7. The summed E-state index contributed by atoms with van der Waals surface area (Å²) in [7, 11) is 1.52. The van der Waals surface area contributed by atoms with Gasteiger partial charge in [0.05, 0.1) is 17.7 Å². The fraction of sp³-hybridized carbons (Fsp3) is 0.455. The van der Waals surface area contributed by atoms with Gasteiger partial charge in [-0.15, -0.1) is 0 Å². The van der Waals surface area contributed by atoms with Crippen LogP contribution in [-0.4, -0.2) is 30.5 Å². The number of rotatable bonds is 5. The molecule has 2 atom stereocenters. The highest BCUT2D eigenvalue weighted by atomic mass is 19.1. The molecule has 1 aliphatic carbocycles. The van der Waals surface area contributed by atoms with Crippen molar-refractivity contribution < 1.29 is 14.0 Å². The van der Waals surface area contributed by atoms with Gasteiger partial charge in [0.2, 0.25) is 0 Å². The number of nitrogens with zero attached hydrogens (tertiary/aromatic N) is 2. The van der Waals surface area contributed by atoms with Gasteiger partial charge in [0.1, 0.15) is 11.5 Å². The van der Waals surface area contributed by atoms with E-state index in [-0.39, 0.29) is 23.0 Å². The molecule has 0 bridgehead atoms. The van der Waals surface area contributed by atoms with Gasteiger partial charge in [-0.3, -0.25) is 14.6 Å². The van der Waals surface area contributed by atoms with Crippen LogP contribution in [0.2, 0.25) is 0 Å². The molecule has 5 nitrogen and oxygen atoms in total. The van der Waals surface area contributed by atoms with Crippen LogP contribution in [0.5, 0.6) is 0 Å². The normalized spacial score (nSPS) is 19.6. The molecule has 0 spiro atoms. The number of Topliss-reactive ketones (excluding diaryl/α,β-unsaturated/α-hetero) is 1. The molecule has 1 fully saturated rings. The molecule has 1 aliphatic rings. The number of ketones is 1. The molecule has 0 radical (unpaired) electrons. The number of halogens is 1. The van der Waals surface area contributed by atoms with Crippen molar-refractivity contribution in [2.24, 2.45) is 4.99 Å². The second-order valence-electron chi connectivity index (χ2n) is 6.27. The van der Waals surface area contributed by atoms with E-state index >= 15 is 0 Å². The van der Waals surface area contributed by atoms with Crippen LogP contribution in [0.1, 0.15) is 63.5 Å². The van der Waals surface area contributed by atoms with Crippen LogP contribution in [0, 0.1) is 17.1 Å². The minimum absolute atomic E-state index is 0.0403. The number of aliphatic imine (C=N–C) groups is 1. The zero-order chi connectivity index (χ0) is 21.1. The number of nitrogens with one attached hydrogen (secondary N) is 1. The Kier molecular flexibility index (Phi) is 9.80. The van der Waals surface area contributed by atoms with E-state index in [9.17, 15) is 14.0 Å². The molecule has 6 heteroatoms. The number of amides is 1. The van der Waals surface area contributed by atoms with Crippen molar-refractivity contribution in [3.8, 4) is 6.07 Å². The van der Waals surface area contributed by atoms with Crippen LogP contribution < -0.4 is 5.32 Å². The molecule has 1 saturated carbocycles. The highest BCUT2D eigenvalue weighted by Gasteiger charge is 2.31. The Bertz CT molecular complexity index is 793. The predicted octanol–water partition coefficient (Wildman–Crippen LogP) is 4.08. The summed E-state index contributed by atoms with van der Waals surface area (Å²) in [6.07, 6.45) is 5.49. The third-order valence-electron chi connectivity index (χ3n) is 4.46. The van der Waals surface area contributed by atoms with Gasteiger partial charge in [-0.1, -0.05) is 26.8 Å². The number of nitriles is 1. The van der Waals surface area contributed by atoms with E-state index in [1.807, 2.05) is 32.9 Å². The van der Waals surface area contributed by atoms with E-state index in [1.165, 1.54) is 19.2 Å². The van der Waals surface area contributed by atoms with E-state index in [0.29, 0.717) is 24.8 Å². The van der Waals surface area contributed by atoms with Gasteiger partial charge in [-0.2, -0.15) is 5.26 Å². The number of benzene rings is 1. The van der Waals surface area contributed by atoms with Gasteiger partial charge in [-0.05, 0) is 55.0 Å². The molecule has 150 valence electrons. The largest absolute Gasteiger partial charge is 0.341 e. The second-order valence-corrected chi connectivity index (χ2v) is 6.27. The molecule has 0 aliphatic heterocycles. The molecular formula is C22H28FN3O2. The fourth-order valence-corrected chi connectivity index (χ4v) is 3.09. The lowest BCUT2D eigenvalue weighted by molar-refractivity contribution is -0.126.